The molecule has 0 bridgehead atoms. The maximum absolute atomic E-state index is 13.5. The summed E-state index contributed by atoms with van der Waals surface area (Å²) in [6.45, 7) is 3.16. The van der Waals surface area contributed by atoms with E-state index in [-0.39, 0.29) is 11.2 Å². The van der Waals surface area contributed by atoms with Gasteiger partial charge in [-0.2, -0.15) is 0 Å². The van der Waals surface area contributed by atoms with Crippen LogP contribution in [0.2, 0.25) is 0 Å². The third-order valence-corrected chi connectivity index (χ3v) is 7.09. The van der Waals surface area contributed by atoms with E-state index in [1.165, 1.54) is 4.57 Å². The van der Waals surface area contributed by atoms with Gasteiger partial charge >= 0.3 is 5.69 Å². The highest BCUT2D eigenvalue weighted by molar-refractivity contribution is 5.97. The highest BCUT2D eigenvalue weighted by atomic mass is 16.5. The second kappa shape index (κ2) is 7.33. The van der Waals surface area contributed by atoms with Gasteiger partial charge in [-0.1, -0.05) is 48.0 Å². The lowest BCUT2D eigenvalue weighted by Gasteiger charge is -2.27. The Morgan fingerprint density at radius 3 is 2.44 bits per heavy atom. The van der Waals surface area contributed by atoms with Crippen LogP contribution in [0.3, 0.4) is 0 Å². The molecule has 1 aliphatic rings. The quantitative estimate of drug-likeness (QED) is 0.409. The van der Waals surface area contributed by atoms with E-state index < -0.39 is 6.10 Å². The zero-order chi connectivity index (χ0) is 23.7. The van der Waals surface area contributed by atoms with Crippen molar-refractivity contribution < 1.29 is 4.74 Å². The molecule has 0 spiro atoms. The number of fused-ring (bicyclic) bond motifs is 4. The standard InChI is InChI=1S/C27H26N4O3/c1-16-9-11-17(12-10-16)22-21-23(29(3)27(33)30(4)26(21)32)24-25(34-14-13-31(22)24)19-15-28(2)20-8-6-5-7-18(19)20/h5-12,15,25H,13-14H2,1-4H3. The monoisotopic (exact) mass is 454 g/mol. The van der Waals surface area contributed by atoms with Gasteiger partial charge in [0.1, 0.15) is 6.10 Å². The maximum Gasteiger partial charge on any atom is 0.331 e. The Labute approximate surface area is 196 Å². The first-order valence-electron chi connectivity index (χ1n) is 11.4. The highest BCUT2D eigenvalue weighted by Crippen LogP contribution is 2.42. The number of hydrogen-bond donors (Lipinski definition) is 0. The van der Waals surface area contributed by atoms with E-state index in [2.05, 4.69) is 39.6 Å². The molecule has 34 heavy (non-hydrogen) atoms. The minimum absolute atomic E-state index is 0.285. The van der Waals surface area contributed by atoms with E-state index in [1.807, 2.05) is 38.2 Å². The van der Waals surface area contributed by atoms with Gasteiger partial charge in [0.25, 0.3) is 5.56 Å². The van der Waals surface area contributed by atoms with E-state index in [0.717, 1.165) is 39.0 Å². The second-order valence-corrected chi connectivity index (χ2v) is 9.14. The molecule has 0 saturated heterocycles. The lowest BCUT2D eigenvalue weighted by atomic mass is 10.0. The molecule has 7 heteroatoms. The maximum atomic E-state index is 13.5. The predicted molar refractivity (Wildman–Crippen MR) is 133 cm³/mol. The van der Waals surface area contributed by atoms with Crippen LogP contribution in [0.15, 0.2) is 64.3 Å². The molecule has 3 aromatic heterocycles. The zero-order valence-electron chi connectivity index (χ0n) is 19.7. The van der Waals surface area contributed by atoms with E-state index in [9.17, 15) is 9.59 Å². The molecule has 1 atom stereocenters. The van der Waals surface area contributed by atoms with Gasteiger partial charge in [-0.15, -0.1) is 0 Å². The van der Waals surface area contributed by atoms with E-state index in [0.29, 0.717) is 24.1 Å². The van der Waals surface area contributed by atoms with Crippen molar-refractivity contribution in [2.45, 2.75) is 19.6 Å². The zero-order valence-corrected chi connectivity index (χ0v) is 19.7. The predicted octanol–water partition coefficient (Wildman–Crippen LogP) is 3.63. The number of rotatable bonds is 2. The Hall–Kier alpha value is -3.84. The normalized spacial score (nSPS) is 15.8. The van der Waals surface area contributed by atoms with Crippen LogP contribution in [0, 0.1) is 6.92 Å². The summed E-state index contributed by atoms with van der Waals surface area (Å²) in [5.41, 5.74) is 5.95. The molecule has 2 aromatic carbocycles. The molecule has 0 amide bonds. The number of nitrogens with zero attached hydrogens (tertiary/aromatic N) is 4. The average Bonchev–Trinajstić information content (AvgIpc) is 3.37. The van der Waals surface area contributed by atoms with Crippen LogP contribution in [-0.4, -0.2) is 24.9 Å². The molecule has 1 unspecified atom stereocenters. The molecule has 0 radical (unpaired) electrons. The molecule has 1 aliphatic heterocycles. The fourth-order valence-electron chi connectivity index (χ4n) is 5.41. The molecule has 0 saturated carbocycles. The van der Waals surface area contributed by atoms with Crippen LogP contribution in [0.1, 0.15) is 22.9 Å². The molecular formula is C27H26N4O3. The lowest BCUT2D eigenvalue weighted by molar-refractivity contribution is 0.0486. The van der Waals surface area contributed by atoms with Gasteiger partial charge in [0.05, 0.1) is 28.9 Å². The van der Waals surface area contributed by atoms with E-state index in [4.69, 9.17) is 4.74 Å². The van der Waals surface area contributed by atoms with Gasteiger partial charge in [-0.05, 0) is 18.6 Å². The number of hydrogen-bond acceptors (Lipinski definition) is 3. The summed E-state index contributed by atoms with van der Waals surface area (Å²) < 4.78 is 13.5. The summed E-state index contributed by atoms with van der Waals surface area (Å²) in [5, 5.41) is 1.66. The molecule has 0 fully saturated rings. The SMILES string of the molecule is Cc1ccc(-c2c3c(=O)n(C)c(=O)n(C)c3c3n2CCOC3c2cn(C)c3ccccc23)cc1. The third-order valence-electron chi connectivity index (χ3n) is 7.09. The number of aryl methyl sites for hydroxylation is 3. The minimum Gasteiger partial charge on any atom is -0.365 e. The molecular weight excluding hydrogens is 428 g/mol. The van der Waals surface area contributed by atoms with E-state index >= 15 is 0 Å². The van der Waals surface area contributed by atoms with Gasteiger partial charge in [0.15, 0.2) is 0 Å². The third kappa shape index (κ3) is 2.73. The van der Waals surface area contributed by atoms with Gasteiger partial charge < -0.3 is 13.9 Å². The fraction of sp³-hybridized carbons (Fsp3) is 0.259. The van der Waals surface area contributed by atoms with Crippen molar-refractivity contribution in [2.75, 3.05) is 6.61 Å². The first-order chi connectivity index (χ1) is 16.4. The molecule has 0 aliphatic carbocycles. The Kier molecular flexibility index (Phi) is 4.47. The highest BCUT2D eigenvalue weighted by Gasteiger charge is 2.34. The summed E-state index contributed by atoms with van der Waals surface area (Å²) in [7, 11) is 5.30. The van der Waals surface area contributed by atoms with Crippen molar-refractivity contribution in [2.24, 2.45) is 21.1 Å². The number of aromatic nitrogens is 4. The second-order valence-electron chi connectivity index (χ2n) is 9.14. The van der Waals surface area contributed by atoms with Gasteiger partial charge in [-0.25, -0.2) is 4.79 Å². The molecule has 172 valence electrons. The van der Waals surface area contributed by atoms with Gasteiger partial charge in [0, 0.05) is 50.4 Å². The van der Waals surface area contributed by atoms with Gasteiger partial charge in [-0.3, -0.25) is 13.9 Å². The molecule has 5 aromatic rings. The smallest absolute Gasteiger partial charge is 0.331 e. The van der Waals surface area contributed by atoms with E-state index in [1.54, 1.807) is 18.7 Å². The molecule has 0 N–H and O–H groups in total. The van der Waals surface area contributed by atoms with Crippen molar-refractivity contribution in [3.8, 4) is 11.3 Å². The topological polar surface area (TPSA) is 63.1 Å². The average molecular weight is 455 g/mol. The van der Waals surface area contributed by atoms with Crippen LogP contribution < -0.4 is 11.2 Å². The van der Waals surface area contributed by atoms with Crippen LogP contribution in [0.5, 0.6) is 0 Å². The summed E-state index contributed by atoms with van der Waals surface area (Å²) in [5.74, 6) is 0. The first kappa shape index (κ1) is 20.7. The molecule has 4 heterocycles. The van der Waals surface area contributed by atoms with Crippen LogP contribution in [-0.2, 0) is 32.4 Å². The number of para-hydroxylation sites is 1. The number of benzene rings is 2. The van der Waals surface area contributed by atoms with Crippen molar-refractivity contribution >= 4 is 21.8 Å². The van der Waals surface area contributed by atoms with Gasteiger partial charge in [0.2, 0.25) is 0 Å². The Balaban J connectivity index is 1.77. The Bertz CT molecular complexity index is 1710. The molecule has 6 rings (SSSR count). The molecule has 7 nitrogen and oxygen atoms in total. The van der Waals surface area contributed by atoms with Crippen LogP contribution in [0.4, 0.5) is 0 Å². The Morgan fingerprint density at radius 1 is 0.941 bits per heavy atom. The summed E-state index contributed by atoms with van der Waals surface area (Å²) in [6.07, 6.45) is 1.69. The fourth-order valence-corrected chi connectivity index (χ4v) is 5.41. The van der Waals surface area contributed by atoms with Crippen molar-refractivity contribution in [1.82, 2.24) is 18.3 Å². The largest absolute Gasteiger partial charge is 0.365 e. The van der Waals surface area contributed by atoms with Crippen molar-refractivity contribution in [3.63, 3.8) is 0 Å². The summed E-state index contributed by atoms with van der Waals surface area (Å²) in [6, 6.07) is 16.4. The summed E-state index contributed by atoms with van der Waals surface area (Å²) in [4.78, 5) is 26.5. The summed E-state index contributed by atoms with van der Waals surface area (Å²) >= 11 is 0. The minimum atomic E-state index is -0.403. The van der Waals surface area contributed by atoms with Crippen molar-refractivity contribution in [1.29, 1.82) is 0 Å². The Morgan fingerprint density at radius 2 is 1.68 bits per heavy atom. The van der Waals surface area contributed by atoms with Crippen LogP contribution in [0.25, 0.3) is 33.1 Å². The number of ether oxygens (including phenoxy) is 1. The first-order valence-corrected chi connectivity index (χ1v) is 11.4. The van der Waals surface area contributed by atoms with Crippen molar-refractivity contribution in [3.05, 3.63) is 92.4 Å². The van der Waals surface area contributed by atoms with Crippen LogP contribution >= 0.6 is 0 Å². The lowest BCUT2D eigenvalue weighted by Crippen LogP contribution is -2.37.